The van der Waals surface area contributed by atoms with Crippen LogP contribution >= 0.6 is 0 Å². The molecule has 0 radical (unpaired) electrons. The molecule has 0 spiro atoms. The van der Waals surface area contributed by atoms with Gasteiger partial charge in [-0.15, -0.1) is 0 Å². The molecule has 12 heteroatoms. The van der Waals surface area contributed by atoms with Crippen molar-refractivity contribution in [3.8, 4) is 11.5 Å². The van der Waals surface area contributed by atoms with Crippen molar-refractivity contribution in [3.05, 3.63) is 95.6 Å². The third kappa shape index (κ3) is 11.8. The van der Waals surface area contributed by atoms with Crippen molar-refractivity contribution in [1.82, 2.24) is 0 Å². The van der Waals surface area contributed by atoms with Gasteiger partial charge in [-0.05, 0) is 29.8 Å². The highest BCUT2D eigenvalue weighted by Gasteiger charge is 2.17. The van der Waals surface area contributed by atoms with Crippen molar-refractivity contribution in [2.75, 3.05) is 13.2 Å². The number of esters is 5. The van der Waals surface area contributed by atoms with E-state index in [2.05, 4.69) is 4.74 Å². The summed E-state index contributed by atoms with van der Waals surface area (Å²) < 4.78 is 24.1. The summed E-state index contributed by atoms with van der Waals surface area (Å²) in [5.74, 6) is -4.59. The van der Waals surface area contributed by atoms with Gasteiger partial charge in [0.05, 0.1) is 0 Å². The topological polar surface area (TPSA) is 169 Å². The molecule has 0 aliphatic carbocycles. The molecule has 0 aliphatic heterocycles. The predicted octanol–water partition coefficient (Wildman–Crippen LogP) is 3.37. The molecule has 0 unspecified atom stereocenters. The number of benzene rings is 3. The summed E-state index contributed by atoms with van der Waals surface area (Å²) >= 11 is 0. The van der Waals surface area contributed by atoms with Crippen LogP contribution in [-0.2, 0) is 40.0 Å². The van der Waals surface area contributed by atoms with Crippen LogP contribution in [0.25, 0.3) is 0 Å². The standard InChI is InChI=1S/C18H16O6.C11H10O6/c1-13(19)24-16-10-6-5-9-15(16)18(21)23-12-17(20)22-11-14-7-3-2-4-8-14;1-7(12)17-9-5-3-2-4-8(9)11(15)16-6-10(13)14/h2-10H,11-12H2,1H3;2-5H,6H2,1H3,(H,13,14). The molecule has 12 nitrogen and oxygen atoms in total. The Morgan fingerprint density at radius 3 is 1.49 bits per heavy atom. The minimum Gasteiger partial charge on any atom is -0.479 e. The van der Waals surface area contributed by atoms with Gasteiger partial charge in [-0.1, -0.05) is 54.6 Å². The van der Waals surface area contributed by atoms with E-state index in [9.17, 15) is 28.8 Å². The Bertz CT molecular complexity index is 1380. The smallest absolute Gasteiger partial charge is 0.344 e. The average Bonchev–Trinajstić information content (AvgIpc) is 2.94. The van der Waals surface area contributed by atoms with Crippen LogP contribution in [0.2, 0.25) is 0 Å². The molecule has 3 aromatic rings. The molecule has 1 N–H and O–H groups in total. The van der Waals surface area contributed by atoms with Gasteiger partial charge in [-0.3, -0.25) is 9.59 Å². The van der Waals surface area contributed by atoms with Crippen molar-refractivity contribution in [2.24, 2.45) is 0 Å². The number of carbonyl (C=O) groups excluding carboxylic acids is 5. The lowest BCUT2D eigenvalue weighted by Gasteiger charge is -2.09. The van der Waals surface area contributed by atoms with E-state index in [1.54, 1.807) is 24.3 Å². The highest BCUT2D eigenvalue weighted by molar-refractivity contribution is 5.95. The normalized spacial score (nSPS) is 9.71. The molecule has 41 heavy (non-hydrogen) atoms. The van der Waals surface area contributed by atoms with Crippen LogP contribution in [0, 0.1) is 0 Å². The molecular formula is C29H26O12. The molecule has 0 saturated carbocycles. The first-order valence-electron chi connectivity index (χ1n) is 11.9. The Morgan fingerprint density at radius 2 is 1.02 bits per heavy atom. The number of hydrogen-bond acceptors (Lipinski definition) is 11. The largest absolute Gasteiger partial charge is 0.479 e. The zero-order valence-electron chi connectivity index (χ0n) is 22.1. The number of para-hydroxylation sites is 2. The third-order valence-corrected chi connectivity index (χ3v) is 4.61. The molecule has 0 aliphatic rings. The second-order valence-corrected chi connectivity index (χ2v) is 7.87. The SMILES string of the molecule is CC(=O)Oc1ccccc1C(=O)OCC(=O)O.CC(=O)Oc1ccccc1C(=O)OCC(=O)OCc1ccccc1. The second kappa shape index (κ2) is 16.4. The number of ether oxygens (including phenoxy) is 5. The van der Waals surface area contributed by atoms with E-state index >= 15 is 0 Å². The van der Waals surface area contributed by atoms with E-state index in [-0.39, 0.29) is 29.2 Å². The number of hydrogen-bond donors (Lipinski definition) is 1. The number of carbonyl (C=O) groups is 6. The average molecular weight is 567 g/mol. The fourth-order valence-electron chi connectivity index (χ4n) is 2.95. The number of rotatable bonds is 10. The van der Waals surface area contributed by atoms with Gasteiger partial charge in [-0.2, -0.15) is 0 Å². The summed E-state index contributed by atoms with van der Waals surface area (Å²) in [5, 5.41) is 8.36. The number of aliphatic carboxylic acids is 1. The van der Waals surface area contributed by atoms with Crippen molar-refractivity contribution < 1.29 is 57.6 Å². The maximum absolute atomic E-state index is 12.0. The minimum absolute atomic E-state index is 0.00366. The van der Waals surface area contributed by atoms with Crippen LogP contribution in [0.5, 0.6) is 11.5 Å². The van der Waals surface area contributed by atoms with E-state index in [4.69, 9.17) is 24.1 Å². The molecule has 0 fully saturated rings. The first-order chi connectivity index (χ1) is 19.6. The van der Waals surface area contributed by atoms with Crippen LogP contribution in [0.15, 0.2) is 78.9 Å². The fourth-order valence-corrected chi connectivity index (χ4v) is 2.95. The lowest BCUT2D eigenvalue weighted by atomic mass is 10.2. The van der Waals surface area contributed by atoms with Gasteiger partial charge in [0, 0.05) is 13.8 Å². The molecule has 0 aromatic heterocycles. The summed E-state index contributed by atoms with van der Waals surface area (Å²) in [6.07, 6.45) is 0. The lowest BCUT2D eigenvalue weighted by Crippen LogP contribution is -2.17. The molecule has 0 heterocycles. The molecule has 214 valence electrons. The van der Waals surface area contributed by atoms with Crippen molar-refractivity contribution in [3.63, 3.8) is 0 Å². The number of carboxylic acid groups (broad SMARTS) is 1. The van der Waals surface area contributed by atoms with Gasteiger partial charge in [0.2, 0.25) is 0 Å². The van der Waals surface area contributed by atoms with E-state index in [0.29, 0.717) is 0 Å². The van der Waals surface area contributed by atoms with E-state index in [1.165, 1.54) is 38.1 Å². The van der Waals surface area contributed by atoms with Crippen LogP contribution < -0.4 is 9.47 Å². The van der Waals surface area contributed by atoms with Crippen molar-refractivity contribution in [1.29, 1.82) is 0 Å². The first-order valence-corrected chi connectivity index (χ1v) is 11.9. The fraction of sp³-hybridized carbons (Fsp3) is 0.172. The Kier molecular flexibility index (Phi) is 12.7. The van der Waals surface area contributed by atoms with Gasteiger partial charge >= 0.3 is 35.8 Å². The summed E-state index contributed by atoms with van der Waals surface area (Å²) in [6.45, 7) is 1.25. The molecule has 0 atom stereocenters. The lowest BCUT2D eigenvalue weighted by molar-refractivity contribution is -0.148. The van der Waals surface area contributed by atoms with Gasteiger partial charge in [-0.25, -0.2) is 19.2 Å². The van der Waals surface area contributed by atoms with Crippen LogP contribution in [0.1, 0.15) is 40.1 Å². The van der Waals surface area contributed by atoms with E-state index < -0.39 is 49.0 Å². The Balaban J connectivity index is 0.000000305. The maximum Gasteiger partial charge on any atom is 0.344 e. The maximum atomic E-state index is 12.0. The van der Waals surface area contributed by atoms with Crippen molar-refractivity contribution >= 4 is 35.8 Å². The van der Waals surface area contributed by atoms with Gasteiger partial charge in [0.25, 0.3) is 0 Å². The summed E-state index contributed by atoms with van der Waals surface area (Å²) in [7, 11) is 0. The molecule has 0 saturated heterocycles. The zero-order chi connectivity index (χ0) is 30.2. The summed E-state index contributed by atoms with van der Waals surface area (Å²) in [4.78, 5) is 67.2. The molecule has 3 aromatic carbocycles. The quantitative estimate of drug-likeness (QED) is 0.216. The third-order valence-electron chi connectivity index (χ3n) is 4.61. The summed E-state index contributed by atoms with van der Waals surface area (Å²) in [6, 6.07) is 21.2. The van der Waals surface area contributed by atoms with E-state index in [0.717, 1.165) is 5.56 Å². The van der Waals surface area contributed by atoms with Crippen LogP contribution in [0.3, 0.4) is 0 Å². The summed E-state index contributed by atoms with van der Waals surface area (Å²) in [5.41, 5.74) is 0.893. The molecule has 0 bridgehead atoms. The predicted molar refractivity (Wildman–Crippen MR) is 140 cm³/mol. The van der Waals surface area contributed by atoms with Gasteiger partial charge < -0.3 is 28.8 Å². The highest BCUT2D eigenvalue weighted by Crippen LogP contribution is 2.20. The van der Waals surface area contributed by atoms with Crippen LogP contribution in [0.4, 0.5) is 0 Å². The second-order valence-electron chi connectivity index (χ2n) is 7.87. The number of carboxylic acids is 1. The van der Waals surface area contributed by atoms with Gasteiger partial charge in [0.1, 0.15) is 29.2 Å². The van der Waals surface area contributed by atoms with Crippen molar-refractivity contribution in [2.45, 2.75) is 20.5 Å². The Hall–Kier alpha value is -5.52. The molecule has 0 amide bonds. The highest BCUT2D eigenvalue weighted by atomic mass is 16.6. The van der Waals surface area contributed by atoms with Gasteiger partial charge in [0.15, 0.2) is 13.2 Å². The minimum atomic E-state index is -1.26. The molecular weight excluding hydrogens is 540 g/mol. The van der Waals surface area contributed by atoms with Crippen LogP contribution in [-0.4, -0.2) is 54.1 Å². The Labute approximate surface area is 234 Å². The first kappa shape index (κ1) is 31.7. The van der Waals surface area contributed by atoms with E-state index in [1.807, 2.05) is 30.3 Å². The monoisotopic (exact) mass is 566 g/mol. The Morgan fingerprint density at radius 1 is 0.585 bits per heavy atom. The zero-order valence-corrected chi connectivity index (χ0v) is 22.1. The molecule has 3 rings (SSSR count).